The van der Waals surface area contributed by atoms with Crippen molar-refractivity contribution in [3.8, 4) is 5.75 Å². The molecule has 0 amide bonds. The summed E-state index contributed by atoms with van der Waals surface area (Å²) in [7, 11) is 1.71. The summed E-state index contributed by atoms with van der Waals surface area (Å²) in [6, 6.07) is 6.25. The number of hydrogen-bond donors (Lipinski definition) is 2. The van der Waals surface area contributed by atoms with Crippen LogP contribution in [0.15, 0.2) is 23.2 Å². The molecule has 1 fully saturated rings. The highest BCUT2D eigenvalue weighted by Gasteiger charge is 2.32. The van der Waals surface area contributed by atoms with Crippen molar-refractivity contribution in [3.05, 3.63) is 29.3 Å². The molecule has 1 aromatic rings. The van der Waals surface area contributed by atoms with Crippen LogP contribution in [0.2, 0.25) is 0 Å². The fourth-order valence-electron chi connectivity index (χ4n) is 3.15. The van der Waals surface area contributed by atoms with Gasteiger partial charge in [0.2, 0.25) is 0 Å². The SMILES string of the molecule is CCNC(=NCc1ccc(C)cc1OC)NCC1(SCC)CCOCC1. The van der Waals surface area contributed by atoms with Gasteiger partial charge in [0.15, 0.2) is 5.96 Å². The van der Waals surface area contributed by atoms with Gasteiger partial charge in [0, 0.05) is 36.6 Å². The Kier molecular flexibility index (Phi) is 8.59. The van der Waals surface area contributed by atoms with Crippen LogP contribution in [0, 0.1) is 6.92 Å². The number of rotatable bonds is 8. The van der Waals surface area contributed by atoms with Crippen LogP contribution < -0.4 is 15.4 Å². The Bertz CT molecular complexity index is 581. The first-order valence-corrected chi connectivity index (χ1v) is 10.5. The summed E-state index contributed by atoms with van der Waals surface area (Å²) < 4.78 is 11.3. The molecule has 0 spiro atoms. The maximum absolute atomic E-state index is 5.57. The topological polar surface area (TPSA) is 54.9 Å². The van der Waals surface area contributed by atoms with Crippen molar-refractivity contribution in [3.63, 3.8) is 0 Å². The molecule has 1 heterocycles. The van der Waals surface area contributed by atoms with Crippen LogP contribution in [0.3, 0.4) is 0 Å². The maximum atomic E-state index is 5.57. The van der Waals surface area contributed by atoms with Gasteiger partial charge in [0.05, 0.1) is 13.7 Å². The number of thioether (sulfide) groups is 1. The zero-order valence-electron chi connectivity index (χ0n) is 16.6. The van der Waals surface area contributed by atoms with Gasteiger partial charge in [-0.15, -0.1) is 0 Å². The van der Waals surface area contributed by atoms with Gasteiger partial charge in [-0.25, -0.2) is 4.99 Å². The Morgan fingerprint density at radius 1 is 1.27 bits per heavy atom. The number of hydrogen-bond acceptors (Lipinski definition) is 4. The Hall–Kier alpha value is -1.40. The van der Waals surface area contributed by atoms with Gasteiger partial charge in [0.25, 0.3) is 0 Å². The second-order valence-corrected chi connectivity index (χ2v) is 8.32. The normalized spacial score (nSPS) is 17.0. The van der Waals surface area contributed by atoms with E-state index in [2.05, 4.69) is 49.6 Å². The van der Waals surface area contributed by atoms with Crippen LogP contribution in [-0.2, 0) is 11.3 Å². The van der Waals surface area contributed by atoms with E-state index in [0.717, 1.165) is 62.2 Å². The molecule has 0 saturated carbocycles. The molecule has 0 aliphatic carbocycles. The minimum Gasteiger partial charge on any atom is -0.496 e. The van der Waals surface area contributed by atoms with Gasteiger partial charge < -0.3 is 20.1 Å². The minimum atomic E-state index is 0.241. The van der Waals surface area contributed by atoms with Crippen LogP contribution in [0.25, 0.3) is 0 Å². The molecule has 2 N–H and O–H groups in total. The zero-order chi connectivity index (χ0) is 18.8. The number of methoxy groups -OCH3 is 1. The van der Waals surface area contributed by atoms with E-state index in [0.29, 0.717) is 6.54 Å². The third kappa shape index (κ3) is 6.09. The number of nitrogens with one attached hydrogen (secondary N) is 2. The molecule has 5 nitrogen and oxygen atoms in total. The van der Waals surface area contributed by atoms with E-state index in [-0.39, 0.29) is 4.75 Å². The van der Waals surface area contributed by atoms with Crippen LogP contribution in [0.4, 0.5) is 0 Å². The van der Waals surface area contributed by atoms with Crippen LogP contribution in [0.1, 0.15) is 37.8 Å². The number of guanidine groups is 1. The number of aliphatic imine (C=N–C) groups is 1. The Morgan fingerprint density at radius 3 is 2.69 bits per heavy atom. The Morgan fingerprint density at radius 2 is 2.04 bits per heavy atom. The maximum Gasteiger partial charge on any atom is 0.191 e. The zero-order valence-corrected chi connectivity index (χ0v) is 17.4. The first-order chi connectivity index (χ1) is 12.6. The molecule has 0 bridgehead atoms. The molecule has 0 unspecified atom stereocenters. The summed E-state index contributed by atoms with van der Waals surface area (Å²) in [5, 5.41) is 6.92. The summed E-state index contributed by atoms with van der Waals surface area (Å²) in [5.41, 5.74) is 2.29. The number of ether oxygens (including phenoxy) is 2. The molecule has 1 aliphatic heterocycles. The van der Waals surface area contributed by atoms with Crippen molar-refractivity contribution < 1.29 is 9.47 Å². The second-order valence-electron chi connectivity index (χ2n) is 6.59. The molecular weight excluding hydrogens is 346 g/mol. The molecule has 26 heavy (non-hydrogen) atoms. The molecule has 6 heteroatoms. The highest BCUT2D eigenvalue weighted by atomic mass is 32.2. The van der Waals surface area contributed by atoms with Gasteiger partial charge in [-0.1, -0.05) is 19.1 Å². The average Bonchev–Trinajstić information content (AvgIpc) is 2.65. The van der Waals surface area contributed by atoms with E-state index >= 15 is 0 Å². The predicted molar refractivity (Wildman–Crippen MR) is 111 cm³/mol. The van der Waals surface area contributed by atoms with Crippen LogP contribution >= 0.6 is 11.8 Å². The standard InChI is InChI=1S/C20H33N3O2S/c1-5-21-19(22-14-17-8-7-16(3)13-18(17)24-4)23-15-20(26-6-2)9-11-25-12-10-20/h7-8,13H,5-6,9-12,14-15H2,1-4H3,(H2,21,22,23). The van der Waals surface area contributed by atoms with Crippen molar-refractivity contribution in [2.24, 2.45) is 4.99 Å². The lowest BCUT2D eigenvalue weighted by Crippen LogP contribution is -2.48. The first kappa shape index (κ1) is 20.9. The summed E-state index contributed by atoms with van der Waals surface area (Å²) in [6.45, 7) is 10.4. The fraction of sp³-hybridized carbons (Fsp3) is 0.650. The predicted octanol–water partition coefficient (Wildman–Crippen LogP) is 3.36. The van der Waals surface area contributed by atoms with Crippen molar-refractivity contribution in [2.75, 3.05) is 39.2 Å². The van der Waals surface area contributed by atoms with Crippen molar-refractivity contribution in [2.45, 2.75) is 44.9 Å². The lowest BCUT2D eigenvalue weighted by molar-refractivity contribution is 0.0782. The molecule has 2 rings (SSSR count). The summed E-state index contributed by atoms with van der Waals surface area (Å²) >= 11 is 2.04. The monoisotopic (exact) mass is 379 g/mol. The van der Waals surface area contributed by atoms with E-state index in [1.165, 1.54) is 5.56 Å². The highest BCUT2D eigenvalue weighted by Crippen LogP contribution is 2.34. The average molecular weight is 380 g/mol. The summed E-state index contributed by atoms with van der Waals surface area (Å²) in [4.78, 5) is 4.77. The van der Waals surface area contributed by atoms with Gasteiger partial charge in [-0.2, -0.15) is 11.8 Å². The number of aryl methyl sites for hydroxylation is 1. The third-order valence-electron chi connectivity index (χ3n) is 4.63. The molecule has 0 aromatic heterocycles. The second kappa shape index (κ2) is 10.7. The molecule has 0 atom stereocenters. The largest absolute Gasteiger partial charge is 0.496 e. The van der Waals surface area contributed by atoms with Gasteiger partial charge in [-0.05, 0) is 44.1 Å². The molecule has 146 valence electrons. The fourth-order valence-corrected chi connectivity index (χ4v) is 4.40. The minimum absolute atomic E-state index is 0.241. The molecule has 1 aliphatic rings. The van der Waals surface area contributed by atoms with Crippen LogP contribution in [0.5, 0.6) is 5.75 Å². The number of nitrogens with zero attached hydrogens (tertiary/aromatic N) is 1. The van der Waals surface area contributed by atoms with Crippen molar-refractivity contribution in [1.82, 2.24) is 10.6 Å². The lowest BCUT2D eigenvalue weighted by atomic mass is 9.99. The molecule has 1 saturated heterocycles. The van der Waals surface area contributed by atoms with Crippen LogP contribution in [-0.4, -0.2) is 49.9 Å². The van der Waals surface area contributed by atoms with Crippen molar-refractivity contribution >= 4 is 17.7 Å². The lowest BCUT2D eigenvalue weighted by Gasteiger charge is -2.37. The van der Waals surface area contributed by atoms with Gasteiger partial charge in [0.1, 0.15) is 5.75 Å². The molecular formula is C20H33N3O2S. The Labute approximate surface area is 162 Å². The summed E-state index contributed by atoms with van der Waals surface area (Å²) in [5.74, 6) is 2.88. The summed E-state index contributed by atoms with van der Waals surface area (Å²) in [6.07, 6.45) is 2.17. The smallest absolute Gasteiger partial charge is 0.191 e. The first-order valence-electron chi connectivity index (χ1n) is 9.50. The van der Waals surface area contributed by atoms with Gasteiger partial charge >= 0.3 is 0 Å². The van der Waals surface area contributed by atoms with E-state index < -0.39 is 0 Å². The van der Waals surface area contributed by atoms with Crippen molar-refractivity contribution in [1.29, 1.82) is 0 Å². The Balaban J connectivity index is 2.04. The van der Waals surface area contributed by atoms with E-state index in [1.807, 2.05) is 11.8 Å². The molecule has 1 aromatic carbocycles. The van der Waals surface area contributed by atoms with E-state index in [9.17, 15) is 0 Å². The quantitative estimate of drug-likeness (QED) is 0.536. The van der Waals surface area contributed by atoms with E-state index in [4.69, 9.17) is 14.5 Å². The van der Waals surface area contributed by atoms with Gasteiger partial charge in [-0.3, -0.25) is 0 Å². The highest BCUT2D eigenvalue weighted by molar-refractivity contribution is 8.00. The third-order valence-corrected chi connectivity index (χ3v) is 6.08. The van der Waals surface area contributed by atoms with E-state index in [1.54, 1.807) is 7.11 Å². The number of benzene rings is 1. The molecule has 0 radical (unpaired) electrons.